The Morgan fingerprint density at radius 1 is 1.88 bits per heavy atom. The lowest BCUT2D eigenvalue weighted by molar-refractivity contribution is -0.308. The zero-order valence-electron chi connectivity index (χ0n) is 4.97. The third-order valence-electron chi connectivity index (χ3n) is 1.13. The largest absolute Gasteiger partial charge is 0.549 e. The van der Waals surface area contributed by atoms with Crippen LogP contribution in [0.3, 0.4) is 0 Å². The van der Waals surface area contributed by atoms with Crippen LogP contribution in [0.2, 0.25) is 0 Å². The van der Waals surface area contributed by atoms with Crippen LogP contribution in [0.5, 0.6) is 0 Å². The van der Waals surface area contributed by atoms with E-state index < -0.39 is 10.7 Å². The molecule has 48 valence electrons. The molecule has 0 spiro atoms. The number of carboxylic acid groups (broad SMARTS) is 1. The molecule has 3 heteroatoms. The SMILES string of the molecule is CCC(C)(S)C(=O)[O-]. The van der Waals surface area contributed by atoms with E-state index in [2.05, 4.69) is 12.6 Å². The molecule has 0 aliphatic rings. The Morgan fingerprint density at radius 3 is 2.25 bits per heavy atom. The van der Waals surface area contributed by atoms with Crippen molar-refractivity contribution in [3.63, 3.8) is 0 Å². The van der Waals surface area contributed by atoms with Gasteiger partial charge < -0.3 is 9.90 Å². The number of thiol groups is 1. The van der Waals surface area contributed by atoms with E-state index in [1.807, 2.05) is 0 Å². The number of aliphatic carboxylic acids is 1. The number of carboxylic acids is 1. The van der Waals surface area contributed by atoms with E-state index in [4.69, 9.17) is 0 Å². The van der Waals surface area contributed by atoms with E-state index in [9.17, 15) is 9.90 Å². The van der Waals surface area contributed by atoms with Crippen LogP contribution in [-0.4, -0.2) is 10.7 Å². The van der Waals surface area contributed by atoms with Crippen LogP contribution < -0.4 is 5.11 Å². The normalized spacial score (nSPS) is 17.4. The number of rotatable bonds is 2. The van der Waals surface area contributed by atoms with Crippen LogP contribution in [0.4, 0.5) is 0 Å². The van der Waals surface area contributed by atoms with E-state index >= 15 is 0 Å². The molecule has 1 atom stereocenters. The third kappa shape index (κ3) is 1.74. The molecule has 0 aliphatic carbocycles. The summed E-state index contributed by atoms with van der Waals surface area (Å²) in [6.07, 6.45) is 0.485. The summed E-state index contributed by atoms with van der Waals surface area (Å²) in [5.74, 6) is -1.11. The lowest BCUT2D eigenvalue weighted by Crippen LogP contribution is -2.41. The molecule has 0 rings (SSSR count). The fraction of sp³-hybridized carbons (Fsp3) is 0.800. The van der Waals surface area contributed by atoms with Crippen LogP contribution in [0.25, 0.3) is 0 Å². The van der Waals surface area contributed by atoms with Gasteiger partial charge in [0.2, 0.25) is 0 Å². The first-order valence-electron chi connectivity index (χ1n) is 2.44. The van der Waals surface area contributed by atoms with Gasteiger partial charge in [0, 0.05) is 4.75 Å². The van der Waals surface area contributed by atoms with Gasteiger partial charge in [-0.1, -0.05) is 6.92 Å². The van der Waals surface area contributed by atoms with Crippen LogP contribution in [0.15, 0.2) is 0 Å². The van der Waals surface area contributed by atoms with Crippen molar-refractivity contribution in [3.8, 4) is 0 Å². The van der Waals surface area contributed by atoms with Gasteiger partial charge in [0.1, 0.15) is 0 Å². The summed E-state index contributed by atoms with van der Waals surface area (Å²) >= 11 is 3.82. The molecule has 0 bridgehead atoms. The van der Waals surface area contributed by atoms with Gasteiger partial charge in [-0.3, -0.25) is 0 Å². The molecule has 0 aromatic rings. The highest BCUT2D eigenvalue weighted by atomic mass is 32.1. The molecule has 0 heterocycles. The minimum atomic E-state index is -1.11. The molecule has 0 aromatic heterocycles. The molecule has 0 amide bonds. The van der Waals surface area contributed by atoms with Gasteiger partial charge in [-0.15, -0.1) is 0 Å². The second kappa shape index (κ2) is 2.40. The van der Waals surface area contributed by atoms with E-state index in [0.717, 1.165) is 0 Å². The fourth-order valence-corrected chi connectivity index (χ4v) is 0.144. The van der Waals surface area contributed by atoms with Crippen molar-refractivity contribution in [2.24, 2.45) is 0 Å². The highest BCUT2D eigenvalue weighted by molar-refractivity contribution is 7.82. The summed E-state index contributed by atoms with van der Waals surface area (Å²) in [5.41, 5.74) is 0. The van der Waals surface area contributed by atoms with Crippen LogP contribution in [0, 0.1) is 0 Å². The maximum Gasteiger partial charge on any atom is 0.0570 e. The molecule has 0 aromatic carbocycles. The topological polar surface area (TPSA) is 40.1 Å². The summed E-state index contributed by atoms with van der Waals surface area (Å²) in [6.45, 7) is 3.27. The number of hydrogen-bond acceptors (Lipinski definition) is 3. The Bertz CT molecular complexity index is 98.6. The molecule has 0 N–H and O–H groups in total. The average Bonchev–Trinajstić information content (AvgIpc) is 1.67. The molecule has 8 heavy (non-hydrogen) atoms. The van der Waals surface area contributed by atoms with E-state index in [0.29, 0.717) is 6.42 Å². The Balaban J connectivity index is 3.91. The predicted molar refractivity (Wildman–Crippen MR) is 32.7 cm³/mol. The minimum absolute atomic E-state index is 0.485. The average molecular weight is 133 g/mol. The van der Waals surface area contributed by atoms with Crippen molar-refractivity contribution in [2.45, 2.75) is 25.0 Å². The van der Waals surface area contributed by atoms with Gasteiger partial charge in [0.15, 0.2) is 0 Å². The Labute approximate surface area is 54.3 Å². The third-order valence-corrected chi connectivity index (χ3v) is 1.63. The summed E-state index contributed by atoms with van der Waals surface area (Å²) < 4.78 is -0.958. The van der Waals surface area contributed by atoms with Crippen molar-refractivity contribution in [1.29, 1.82) is 0 Å². The lowest BCUT2D eigenvalue weighted by atomic mass is 10.1. The van der Waals surface area contributed by atoms with Gasteiger partial charge >= 0.3 is 0 Å². The van der Waals surface area contributed by atoms with Crippen LogP contribution >= 0.6 is 12.6 Å². The minimum Gasteiger partial charge on any atom is -0.549 e. The fourth-order valence-electron chi connectivity index (χ4n) is 0.144. The predicted octanol–water partition coefficient (Wildman–Crippen LogP) is -0.165. The number of carbonyl (C=O) groups is 1. The molecule has 1 unspecified atom stereocenters. The Hall–Kier alpha value is -0.180. The van der Waals surface area contributed by atoms with Crippen molar-refractivity contribution >= 4 is 18.6 Å². The zero-order valence-corrected chi connectivity index (χ0v) is 5.87. The van der Waals surface area contributed by atoms with Crippen molar-refractivity contribution in [3.05, 3.63) is 0 Å². The van der Waals surface area contributed by atoms with E-state index in [1.54, 1.807) is 6.92 Å². The molecular formula is C5H9O2S-. The number of hydrogen-bond donors (Lipinski definition) is 1. The lowest BCUT2D eigenvalue weighted by Gasteiger charge is -2.21. The zero-order chi connectivity index (χ0) is 6.78. The molecule has 0 radical (unpaired) electrons. The molecule has 0 saturated carbocycles. The smallest absolute Gasteiger partial charge is 0.0570 e. The molecule has 2 nitrogen and oxygen atoms in total. The van der Waals surface area contributed by atoms with Gasteiger partial charge in [-0.25, -0.2) is 0 Å². The van der Waals surface area contributed by atoms with E-state index in [-0.39, 0.29) is 0 Å². The second-order valence-electron chi connectivity index (χ2n) is 1.91. The van der Waals surface area contributed by atoms with Crippen molar-refractivity contribution in [2.75, 3.05) is 0 Å². The van der Waals surface area contributed by atoms with Gasteiger partial charge in [0.25, 0.3) is 0 Å². The summed E-state index contributed by atoms with van der Waals surface area (Å²) in [7, 11) is 0. The first-order chi connectivity index (χ1) is 3.50. The summed E-state index contributed by atoms with van der Waals surface area (Å²) in [6, 6.07) is 0. The van der Waals surface area contributed by atoms with Crippen LogP contribution in [-0.2, 0) is 4.79 Å². The maximum absolute atomic E-state index is 10.1. The summed E-state index contributed by atoms with van der Waals surface area (Å²) in [4.78, 5) is 10.1. The summed E-state index contributed by atoms with van der Waals surface area (Å²) in [5, 5.41) is 10.1. The Morgan fingerprint density at radius 2 is 2.25 bits per heavy atom. The quantitative estimate of drug-likeness (QED) is 0.531. The molecule has 0 saturated heterocycles. The first kappa shape index (κ1) is 7.82. The molecular weight excluding hydrogens is 124 g/mol. The monoisotopic (exact) mass is 133 g/mol. The Kier molecular flexibility index (Phi) is 2.34. The van der Waals surface area contributed by atoms with E-state index in [1.165, 1.54) is 6.92 Å². The molecule has 0 aliphatic heterocycles. The van der Waals surface area contributed by atoms with Crippen molar-refractivity contribution in [1.82, 2.24) is 0 Å². The number of carbonyl (C=O) groups excluding carboxylic acids is 1. The van der Waals surface area contributed by atoms with Crippen LogP contribution in [0.1, 0.15) is 20.3 Å². The van der Waals surface area contributed by atoms with Gasteiger partial charge in [-0.2, -0.15) is 12.6 Å². The second-order valence-corrected chi connectivity index (χ2v) is 2.90. The highest BCUT2D eigenvalue weighted by Gasteiger charge is 2.16. The first-order valence-corrected chi connectivity index (χ1v) is 2.89. The van der Waals surface area contributed by atoms with Gasteiger partial charge in [-0.05, 0) is 13.3 Å². The molecule has 0 fully saturated rings. The maximum atomic E-state index is 10.1. The highest BCUT2D eigenvalue weighted by Crippen LogP contribution is 2.15. The van der Waals surface area contributed by atoms with Crippen molar-refractivity contribution < 1.29 is 9.90 Å². The standard InChI is InChI=1S/C5H10O2S/c1-3-5(2,8)4(6)7/h8H,3H2,1-2H3,(H,6,7)/p-1. The van der Waals surface area contributed by atoms with Gasteiger partial charge in [0.05, 0.1) is 5.97 Å².